The van der Waals surface area contributed by atoms with Crippen LogP contribution in [0, 0.1) is 39.6 Å². The number of rotatable bonds is 3. The summed E-state index contributed by atoms with van der Waals surface area (Å²) in [5.74, 6) is 0. The molecule has 0 saturated carbocycles. The van der Waals surface area contributed by atoms with Gasteiger partial charge in [-0.3, -0.25) is 0 Å². The van der Waals surface area contributed by atoms with E-state index in [1.165, 1.54) is 60.5 Å². The fourth-order valence-corrected chi connectivity index (χ4v) is 7.03. The van der Waals surface area contributed by atoms with Crippen LogP contribution < -0.4 is 9.80 Å². The SMILES string of the molecule is Cc1c[c-]c(-c2cc(C)c(C)cn2)cc1.[Ir+3].[c-]1cc2c3cccc4c5ccccc5n(c2cc1N1[CH-]N(c2ccccc2)c2ccccc21)c43. The van der Waals surface area contributed by atoms with E-state index in [1.54, 1.807) is 0 Å². The topological polar surface area (TPSA) is 23.8 Å². The van der Waals surface area contributed by atoms with Gasteiger partial charge in [-0.05, 0) is 60.8 Å². The van der Waals surface area contributed by atoms with Gasteiger partial charge < -0.3 is 19.2 Å². The van der Waals surface area contributed by atoms with Crippen LogP contribution in [0.3, 0.4) is 0 Å². The van der Waals surface area contributed by atoms with Crippen LogP contribution in [-0.2, 0) is 20.1 Å². The molecule has 0 saturated heterocycles. The first-order chi connectivity index (χ1) is 24.0. The van der Waals surface area contributed by atoms with Crippen LogP contribution in [0.15, 0.2) is 140 Å². The predicted octanol–water partition coefficient (Wildman–Crippen LogP) is 11.5. The van der Waals surface area contributed by atoms with Gasteiger partial charge in [0.15, 0.2) is 0 Å². The largest absolute Gasteiger partial charge is 3.00 e. The summed E-state index contributed by atoms with van der Waals surface area (Å²) in [6, 6.07) is 53.9. The number of para-hydroxylation sites is 5. The maximum absolute atomic E-state index is 4.41. The van der Waals surface area contributed by atoms with E-state index >= 15 is 0 Å². The van der Waals surface area contributed by atoms with E-state index < -0.39 is 0 Å². The van der Waals surface area contributed by atoms with Gasteiger partial charge in [0.1, 0.15) is 0 Å². The van der Waals surface area contributed by atoms with E-state index in [2.05, 4.69) is 186 Å². The number of fused-ring (bicyclic) bond motifs is 7. The molecule has 50 heavy (non-hydrogen) atoms. The van der Waals surface area contributed by atoms with Crippen LogP contribution in [-0.4, -0.2) is 9.38 Å². The molecule has 1 aliphatic rings. The fourth-order valence-electron chi connectivity index (χ4n) is 7.03. The summed E-state index contributed by atoms with van der Waals surface area (Å²) in [5, 5.41) is 5.12. The minimum absolute atomic E-state index is 0. The number of nitrogens with zero attached hydrogens (tertiary/aromatic N) is 4. The molecular weight excluding hydrogens is 789 g/mol. The van der Waals surface area contributed by atoms with Gasteiger partial charge in [-0.15, -0.1) is 59.2 Å². The summed E-state index contributed by atoms with van der Waals surface area (Å²) in [7, 11) is 0. The second kappa shape index (κ2) is 12.8. The first-order valence-corrected chi connectivity index (χ1v) is 16.6. The standard InChI is InChI=1S/C31H19N3.C14H14N.Ir/c1-2-9-21(10-3-1)32-20-33(29-16-7-6-15-28(29)32)22-17-18-24-26-13-8-12-25-23-11-4-5-14-27(23)34(31(25)26)30(24)19-22;1-10-4-6-13(7-5-10)14-8-11(2)12(3)9-15-14;/h1-16,18-20H;4-6,8-9H,1-3H3;/q-2;-1;+3. The molecule has 6 aromatic carbocycles. The first kappa shape index (κ1) is 31.8. The molecule has 9 aromatic rings. The summed E-state index contributed by atoms with van der Waals surface area (Å²) in [6.45, 7) is 8.41. The maximum Gasteiger partial charge on any atom is 3.00 e. The Morgan fingerprint density at radius 3 is 2.04 bits per heavy atom. The second-order valence-corrected chi connectivity index (χ2v) is 12.8. The molecular formula is C45H33IrN4. The molecule has 0 N–H and O–H groups in total. The molecule has 4 heterocycles. The third-order valence-electron chi connectivity index (χ3n) is 9.68. The van der Waals surface area contributed by atoms with E-state index in [-0.39, 0.29) is 20.1 Å². The monoisotopic (exact) mass is 822 g/mol. The molecule has 5 heteroatoms. The zero-order valence-electron chi connectivity index (χ0n) is 28.0. The Balaban J connectivity index is 0.000000191. The van der Waals surface area contributed by atoms with Crippen molar-refractivity contribution in [2.24, 2.45) is 0 Å². The Labute approximate surface area is 305 Å². The van der Waals surface area contributed by atoms with Crippen molar-refractivity contribution in [3.8, 4) is 11.3 Å². The van der Waals surface area contributed by atoms with Crippen LogP contribution in [0.1, 0.15) is 16.7 Å². The third kappa shape index (κ3) is 5.22. The van der Waals surface area contributed by atoms with Crippen molar-refractivity contribution in [1.82, 2.24) is 9.38 Å². The predicted molar refractivity (Wildman–Crippen MR) is 204 cm³/mol. The van der Waals surface area contributed by atoms with E-state index in [0.29, 0.717) is 0 Å². The molecule has 4 nitrogen and oxygen atoms in total. The van der Waals surface area contributed by atoms with Crippen LogP contribution >= 0.6 is 0 Å². The number of aromatic nitrogens is 2. The van der Waals surface area contributed by atoms with Crippen LogP contribution in [0.5, 0.6) is 0 Å². The number of anilines is 4. The molecule has 10 rings (SSSR count). The Bertz CT molecular complexity index is 2620. The molecule has 0 spiro atoms. The van der Waals surface area contributed by atoms with Crippen LogP contribution in [0.25, 0.3) is 49.4 Å². The van der Waals surface area contributed by atoms with E-state index in [9.17, 15) is 0 Å². The van der Waals surface area contributed by atoms with Crippen molar-refractivity contribution < 1.29 is 20.1 Å². The van der Waals surface area contributed by atoms with Gasteiger partial charge >= 0.3 is 20.1 Å². The van der Waals surface area contributed by atoms with Crippen LogP contribution in [0.2, 0.25) is 0 Å². The van der Waals surface area contributed by atoms with Crippen molar-refractivity contribution in [3.63, 3.8) is 0 Å². The second-order valence-electron chi connectivity index (χ2n) is 12.8. The number of benzene rings is 6. The summed E-state index contributed by atoms with van der Waals surface area (Å²) < 4.78 is 2.42. The van der Waals surface area contributed by atoms with E-state index in [1.807, 2.05) is 12.3 Å². The molecule has 0 unspecified atom stereocenters. The van der Waals surface area contributed by atoms with Crippen molar-refractivity contribution in [1.29, 1.82) is 0 Å². The fraction of sp³-hybridized carbons (Fsp3) is 0.0667. The van der Waals surface area contributed by atoms with Gasteiger partial charge in [-0.1, -0.05) is 90.8 Å². The van der Waals surface area contributed by atoms with Crippen molar-refractivity contribution in [3.05, 3.63) is 175 Å². The molecule has 0 amide bonds. The number of pyridine rings is 1. The molecule has 3 aromatic heterocycles. The quantitative estimate of drug-likeness (QED) is 0.166. The summed E-state index contributed by atoms with van der Waals surface area (Å²) in [5.41, 5.74) is 14.0. The van der Waals surface area contributed by atoms with Gasteiger partial charge in [0, 0.05) is 39.5 Å². The smallest absolute Gasteiger partial charge is 0.493 e. The van der Waals surface area contributed by atoms with E-state index in [4.69, 9.17) is 0 Å². The normalized spacial score (nSPS) is 12.4. The average Bonchev–Trinajstić information content (AvgIpc) is 3.81. The van der Waals surface area contributed by atoms with Gasteiger partial charge in [-0.2, -0.15) is 12.1 Å². The Morgan fingerprint density at radius 1 is 0.580 bits per heavy atom. The molecule has 0 fully saturated rings. The molecule has 0 atom stereocenters. The van der Waals surface area contributed by atoms with E-state index in [0.717, 1.165) is 28.3 Å². The van der Waals surface area contributed by atoms with Gasteiger partial charge in [0.25, 0.3) is 0 Å². The zero-order valence-corrected chi connectivity index (χ0v) is 30.4. The molecule has 0 bridgehead atoms. The van der Waals surface area contributed by atoms with Gasteiger partial charge in [-0.25, -0.2) is 0 Å². The van der Waals surface area contributed by atoms with Crippen LogP contribution in [0.4, 0.5) is 22.7 Å². The molecule has 0 radical (unpaired) electrons. The number of aryl methyl sites for hydroxylation is 3. The minimum atomic E-state index is 0. The van der Waals surface area contributed by atoms with Crippen molar-refractivity contribution >= 4 is 60.8 Å². The molecule has 242 valence electrons. The maximum atomic E-state index is 4.41. The molecule has 0 aliphatic carbocycles. The summed E-state index contributed by atoms with van der Waals surface area (Å²) in [4.78, 5) is 8.90. The van der Waals surface area contributed by atoms with Gasteiger partial charge in [0.2, 0.25) is 0 Å². The Kier molecular flexibility index (Phi) is 8.11. The minimum Gasteiger partial charge on any atom is -0.493 e. The third-order valence-corrected chi connectivity index (χ3v) is 9.68. The Hall–Kier alpha value is -5.48. The molecule has 1 aliphatic heterocycles. The summed E-state index contributed by atoms with van der Waals surface area (Å²) in [6.07, 6.45) is 1.92. The summed E-state index contributed by atoms with van der Waals surface area (Å²) >= 11 is 0. The zero-order chi connectivity index (χ0) is 33.1. The first-order valence-electron chi connectivity index (χ1n) is 16.6. The number of hydrogen-bond acceptors (Lipinski definition) is 3. The Morgan fingerprint density at radius 2 is 1.28 bits per heavy atom. The number of hydrogen-bond donors (Lipinski definition) is 0. The average molecular weight is 822 g/mol. The van der Waals surface area contributed by atoms with Gasteiger partial charge in [0.05, 0.1) is 5.52 Å². The van der Waals surface area contributed by atoms with Crippen molar-refractivity contribution in [2.45, 2.75) is 20.8 Å². The van der Waals surface area contributed by atoms with Crippen molar-refractivity contribution in [2.75, 3.05) is 9.80 Å².